The zero-order valence-electron chi connectivity index (χ0n) is 17.9. The molecule has 1 spiro atoms. The molecule has 1 aromatic heterocycles. The minimum absolute atomic E-state index is 0.119. The molecule has 1 unspecified atom stereocenters. The van der Waals surface area contributed by atoms with Gasteiger partial charge >= 0.3 is 6.18 Å². The van der Waals surface area contributed by atoms with Crippen molar-refractivity contribution in [1.29, 1.82) is 0 Å². The summed E-state index contributed by atoms with van der Waals surface area (Å²) in [7, 11) is 0. The predicted molar refractivity (Wildman–Crippen MR) is 112 cm³/mol. The zero-order chi connectivity index (χ0) is 22.9. The Labute approximate surface area is 189 Å². The Morgan fingerprint density at radius 1 is 1.09 bits per heavy atom. The maximum absolute atomic E-state index is 13.1. The van der Waals surface area contributed by atoms with Crippen LogP contribution in [0.1, 0.15) is 78.8 Å². The lowest BCUT2D eigenvalue weighted by molar-refractivity contribution is -0.137. The van der Waals surface area contributed by atoms with Gasteiger partial charge in [0.05, 0.1) is 17.3 Å². The Hall–Kier alpha value is -1.67. The molecule has 3 heterocycles. The van der Waals surface area contributed by atoms with Gasteiger partial charge in [-0.15, -0.1) is 0 Å². The van der Waals surface area contributed by atoms with Gasteiger partial charge < -0.3 is 14.6 Å². The van der Waals surface area contributed by atoms with Crippen LogP contribution in [0.4, 0.5) is 13.2 Å². The second kappa shape index (κ2) is 7.42. The van der Waals surface area contributed by atoms with Crippen molar-refractivity contribution in [2.45, 2.75) is 63.5 Å². The molecule has 3 aliphatic rings. The molecule has 0 bridgehead atoms. The summed E-state index contributed by atoms with van der Waals surface area (Å²) in [6, 6.07) is 4.99. The van der Waals surface area contributed by atoms with E-state index in [0.29, 0.717) is 50.0 Å². The van der Waals surface area contributed by atoms with E-state index in [9.17, 15) is 18.3 Å². The minimum atomic E-state index is -4.41. The van der Waals surface area contributed by atoms with Gasteiger partial charge in [0.1, 0.15) is 11.3 Å². The molecule has 172 valence electrons. The second-order valence-electron chi connectivity index (χ2n) is 9.84. The predicted octanol–water partition coefficient (Wildman–Crippen LogP) is 5.88. The van der Waals surface area contributed by atoms with Crippen LogP contribution in [0.25, 0.3) is 0 Å². The number of alkyl halides is 3. The Kier molecular flexibility index (Phi) is 5.13. The third kappa shape index (κ3) is 3.54. The average Bonchev–Trinajstić information content (AvgIpc) is 3.02. The van der Waals surface area contributed by atoms with E-state index in [-0.39, 0.29) is 10.6 Å². The van der Waals surface area contributed by atoms with E-state index in [1.54, 1.807) is 0 Å². The number of hydrogen-bond acceptors (Lipinski definition) is 4. The zero-order valence-corrected chi connectivity index (χ0v) is 18.7. The van der Waals surface area contributed by atoms with Crippen molar-refractivity contribution in [3.63, 3.8) is 0 Å². The number of halogens is 4. The smallest absolute Gasteiger partial charge is 0.388 e. The third-order valence-electron chi connectivity index (χ3n) is 6.93. The molecule has 1 fully saturated rings. The summed E-state index contributed by atoms with van der Waals surface area (Å²) in [6.07, 6.45) is -3.33. The van der Waals surface area contributed by atoms with Crippen LogP contribution >= 0.6 is 11.6 Å². The first-order valence-electron chi connectivity index (χ1n) is 10.8. The first-order valence-corrected chi connectivity index (χ1v) is 11.2. The van der Waals surface area contributed by atoms with Crippen LogP contribution in [0.5, 0.6) is 0 Å². The van der Waals surface area contributed by atoms with Crippen LogP contribution in [0, 0.1) is 5.41 Å². The van der Waals surface area contributed by atoms with Crippen LogP contribution in [0.15, 0.2) is 24.3 Å². The number of benzene rings is 1. The fourth-order valence-corrected chi connectivity index (χ4v) is 5.80. The highest BCUT2D eigenvalue weighted by atomic mass is 35.5. The summed E-state index contributed by atoms with van der Waals surface area (Å²) in [6.45, 7) is 5.17. The fraction of sp³-hybridized carbons (Fsp3) is 0.542. The quantitative estimate of drug-likeness (QED) is 0.532. The summed E-state index contributed by atoms with van der Waals surface area (Å²) in [5, 5.41) is 11.4. The van der Waals surface area contributed by atoms with Crippen molar-refractivity contribution < 1.29 is 27.8 Å². The summed E-state index contributed by atoms with van der Waals surface area (Å²) in [4.78, 5) is 4.66. The summed E-state index contributed by atoms with van der Waals surface area (Å²) in [5.41, 5.74) is 2.12. The number of hydrogen-bond donors (Lipinski definition) is 1. The highest BCUT2D eigenvalue weighted by Crippen LogP contribution is 2.57. The number of aromatic nitrogens is 1. The molecule has 4 nitrogen and oxygen atoms in total. The average molecular weight is 468 g/mol. The number of ether oxygens (including phenoxy) is 2. The van der Waals surface area contributed by atoms with Gasteiger partial charge in [0, 0.05) is 48.4 Å². The molecule has 0 amide bonds. The Morgan fingerprint density at radius 3 is 2.38 bits per heavy atom. The molecule has 2 aliphatic heterocycles. The van der Waals surface area contributed by atoms with Crippen molar-refractivity contribution in [3.05, 3.63) is 62.9 Å². The van der Waals surface area contributed by atoms with Gasteiger partial charge in [-0.05, 0) is 36.0 Å². The lowest BCUT2D eigenvalue weighted by atomic mass is 9.70. The number of pyridine rings is 1. The molecule has 0 radical (unpaired) electrons. The monoisotopic (exact) mass is 467 g/mol. The molecule has 1 aromatic carbocycles. The van der Waals surface area contributed by atoms with E-state index in [1.807, 2.05) is 0 Å². The number of fused-ring (bicyclic) bond motifs is 4. The lowest BCUT2D eigenvalue weighted by Crippen LogP contribution is -2.37. The van der Waals surface area contributed by atoms with Crippen molar-refractivity contribution in [2.75, 3.05) is 13.2 Å². The molecule has 2 aromatic rings. The Morgan fingerprint density at radius 2 is 1.75 bits per heavy atom. The molecule has 0 saturated carbocycles. The van der Waals surface area contributed by atoms with Gasteiger partial charge in [-0.25, -0.2) is 4.98 Å². The highest BCUT2D eigenvalue weighted by molar-refractivity contribution is 6.30. The minimum Gasteiger partial charge on any atom is -0.388 e. The molecular weight excluding hydrogens is 443 g/mol. The Bertz CT molecular complexity index is 1050. The van der Waals surface area contributed by atoms with Crippen molar-refractivity contribution in [2.24, 2.45) is 5.41 Å². The van der Waals surface area contributed by atoms with Gasteiger partial charge in [-0.3, -0.25) is 0 Å². The molecule has 8 heteroatoms. The molecule has 32 heavy (non-hydrogen) atoms. The first-order chi connectivity index (χ1) is 15.0. The molecule has 1 saturated heterocycles. The highest BCUT2D eigenvalue weighted by Gasteiger charge is 2.52. The lowest BCUT2D eigenvalue weighted by Gasteiger charge is -2.40. The van der Waals surface area contributed by atoms with E-state index in [0.717, 1.165) is 29.0 Å². The first kappa shape index (κ1) is 22.1. The third-order valence-corrected chi connectivity index (χ3v) is 7.22. The van der Waals surface area contributed by atoms with Crippen molar-refractivity contribution >= 4 is 11.6 Å². The standard InChI is InChI=1S/C24H25ClF3NO3/c1-22(2)11-15-17(16(30)12-22)19-18(21(25)29-15)20(32-23(19)7-9-31-10-8-23)13-3-5-14(6-4-13)24(26,27)28/h3-6,16,20,30H,7-12H2,1-2H3/t16?,20-/m0/s1. The maximum Gasteiger partial charge on any atom is 0.416 e. The van der Waals surface area contributed by atoms with E-state index < -0.39 is 29.5 Å². The SMILES string of the molecule is CC1(C)Cc2nc(Cl)c3c(c2C(O)C1)C1(CCOCC1)O[C@H]3c1ccc(C(F)(F)F)cc1. The number of aliphatic hydroxyl groups is 1. The van der Waals surface area contributed by atoms with Crippen LogP contribution in [-0.2, 0) is 27.7 Å². The molecule has 5 rings (SSSR count). The molecular formula is C24H25ClF3NO3. The second-order valence-corrected chi connectivity index (χ2v) is 10.2. The van der Waals surface area contributed by atoms with E-state index >= 15 is 0 Å². The molecule has 1 aliphatic carbocycles. The molecule has 1 N–H and O–H groups in total. The summed E-state index contributed by atoms with van der Waals surface area (Å²) >= 11 is 6.71. The Balaban J connectivity index is 1.68. The summed E-state index contributed by atoms with van der Waals surface area (Å²) in [5.74, 6) is 0. The van der Waals surface area contributed by atoms with Gasteiger partial charge in [-0.1, -0.05) is 37.6 Å². The maximum atomic E-state index is 13.1. The van der Waals surface area contributed by atoms with Crippen molar-refractivity contribution in [1.82, 2.24) is 4.98 Å². The summed E-state index contributed by atoms with van der Waals surface area (Å²) < 4.78 is 51.4. The number of nitrogens with zero attached hydrogens (tertiary/aromatic N) is 1. The normalized spacial score (nSPS) is 26.1. The van der Waals surface area contributed by atoms with E-state index in [1.165, 1.54) is 12.1 Å². The largest absolute Gasteiger partial charge is 0.416 e. The van der Waals surface area contributed by atoms with Crippen LogP contribution in [0.3, 0.4) is 0 Å². The van der Waals surface area contributed by atoms with Gasteiger partial charge in [-0.2, -0.15) is 13.2 Å². The fourth-order valence-electron chi connectivity index (χ4n) is 5.50. The topological polar surface area (TPSA) is 51.6 Å². The van der Waals surface area contributed by atoms with Crippen molar-refractivity contribution in [3.8, 4) is 0 Å². The van der Waals surface area contributed by atoms with Crippen LogP contribution in [-0.4, -0.2) is 23.3 Å². The number of aliphatic hydroxyl groups excluding tert-OH is 1. The van der Waals surface area contributed by atoms with E-state index in [2.05, 4.69) is 18.8 Å². The van der Waals surface area contributed by atoms with Gasteiger partial charge in [0.2, 0.25) is 0 Å². The molecule has 2 atom stereocenters. The van der Waals surface area contributed by atoms with Gasteiger partial charge in [0.15, 0.2) is 0 Å². The van der Waals surface area contributed by atoms with E-state index in [4.69, 9.17) is 21.1 Å². The van der Waals surface area contributed by atoms with Gasteiger partial charge in [0.25, 0.3) is 0 Å². The number of rotatable bonds is 1. The van der Waals surface area contributed by atoms with Crippen LogP contribution < -0.4 is 0 Å². The van der Waals surface area contributed by atoms with Crippen LogP contribution in [0.2, 0.25) is 5.15 Å².